The third-order valence-corrected chi connectivity index (χ3v) is 6.76. The number of hydrogen-bond donors (Lipinski definition) is 2. The van der Waals surface area contributed by atoms with E-state index in [1.54, 1.807) is 6.92 Å². The van der Waals surface area contributed by atoms with Crippen LogP contribution >= 0.6 is 8.60 Å². The Morgan fingerprint density at radius 1 is 0.972 bits per heavy atom. The minimum absolute atomic E-state index is 0.110. The standard InChI is InChI=1S/C28H50NO6P/c1-4-6-7-8-9-10-11-12-13-14-21-32-26-17-15-16-25(23-26)18-19-27(35-28(30)5-2)24-34-36(31)33-22-20-29-3/h15-17,23,27,29,31H,4-14,18-22,24H2,1-3H3/p+1. The van der Waals surface area contributed by atoms with Gasteiger partial charge in [0, 0.05) is 6.42 Å². The van der Waals surface area contributed by atoms with Crippen molar-refractivity contribution in [1.82, 2.24) is 0 Å². The Labute approximate surface area is 220 Å². The molecule has 3 N–H and O–H groups in total. The molecule has 0 bridgehead atoms. The molecule has 0 aliphatic carbocycles. The second-order valence-electron chi connectivity index (χ2n) is 9.25. The summed E-state index contributed by atoms with van der Waals surface area (Å²) >= 11 is 0. The maximum Gasteiger partial charge on any atom is 0.330 e. The van der Waals surface area contributed by atoms with Crippen molar-refractivity contribution in [3.63, 3.8) is 0 Å². The number of carbonyl (C=O) groups is 1. The lowest BCUT2D eigenvalue weighted by Gasteiger charge is -2.19. The molecule has 208 valence electrons. The van der Waals surface area contributed by atoms with Crippen molar-refractivity contribution >= 4 is 14.6 Å². The molecule has 7 nitrogen and oxygen atoms in total. The van der Waals surface area contributed by atoms with Crippen LogP contribution in [0.25, 0.3) is 0 Å². The van der Waals surface area contributed by atoms with Gasteiger partial charge in [0.15, 0.2) is 0 Å². The van der Waals surface area contributed by atoms with Crippen molar-refractivity contribution in [1.29, 1.82) is 0 Å². The molecular weight excluding hydrogens is 477 g/mol. The zero-order valence-corrected chi connectivity index (χ0v) is 23.8. The molecule has 0 aromatic heterocycles. The predicted molar refractivity (Wildman–Crippen MR) is 146 cm³/mol. The second kappa shape index (κ2) is 22.9. The van der Waals surface area contributed by atoms with Gasteiger partial charge >= 0.3 is 14.6 Å². The number of unbranched alkanes of at least 4 members (excludes halogenated alkanes) is 9. The van der Waals surface area contributed by atoms with Crippen LogP contribution in [0.4, 0.5) is 0 Å². The largest absolute Gasteiger partial charge is 0.494 e. The first-order valence-corrected chi connectivity index (χ1v) is 15.2. The SMILES string of the molecule is CCCCCCCCCCCCOc1cccc(CCC(COP(O)OCC[NH2+]C)OC(=O)CC)c1. The Morgan fingerprint density at radius 2 is 1.67 bits per heavy atom. The van der Waals surface area contributed by atoms with Gasteiger partial charge in [0.05, 0.1) is 26.8 Å². The molecule has 1 aromatic rings. The van der Waals surface area contributed by atoms with E-state index in [0.29, 0.717) is 19.4 Å². The summed E-state index contributed by atoms with van der Waals surface area (Å²) in [6, 6.07) is 8.09. The summed E-state index contributed by atoms with van der Waals surface area (Å²) in [7, 11) is -0.0403. The summed E-state index contributed by atoms with van der Waals surface area (Å²) in [5.74, 6) is 0.600. The fourth-order valence-corrected chi connectivity index (χ4v) is 4.41. The quantitative estimate of drug-likeness (QED) is 0.102. The molecule has 0 aliphatic heterocycles. The van der Waals surface area contributed by atoms with Crippen LogP contribution in [0.5, 0.6) is 5.75 Å². The summed E-state index contributed by atoms with van der Waals surface area (Å²) in [5.41, 5.74) is 1.12. The number of esters is 1. The molecule has 0 amide bonds. The van der Waals surface area contributed by atoms with Crippen LogP contribution in [-0.2, 0) is 25.0 Å². The van der Waals surface area contributed by atoms with Crippen molar-refractivity contribution in [3.05, 3.63) is 29.8 Å². The fourth-order valence-electron chi connectivity index (χ4n) is 3.78. The number of nitrogens with two attached hydrogens (primary N) is 1. The summed E-state index contributed by atoms with van der Waals surface area (Å²) in [4.78, 5) is 21.7. The summed E-state index contributed by atoms with van der Waals surface area (Å²) in [6.07, 6.45) is 14.3. The Morgan fingerprint density at radius 3 is 2.33 bits per heavy atom. The van der Waals surface area contributed by atoms with E-state index in [1.165, 1.54) is 57.8 Å². The van der Waals surface area contributed by atoms with Gasteiger partial charge in [0.25, 0.3) is 0 Å². The van der Waals surface area contributed by atoms with Gasteiger partial charge in [0.1, 0.15) is 18.5 Å². The Bertz CT molecular complexity index is 663. The van der Waals surface area contributed by atoms with E-state index in [2.05, 4.69) is 19.1 Å². The third-order valence-electron chi connectivity index (χ3n) is 5.99. The van der Waals surface area contributed by atoms with Crippen LogP contribution < -0.4 is 10.1 Å². The minimum Gasteiger partial charge on any atom is -0.494 e. The molecule has 36 heavy (non-hydrogen) atoms. The first-order chi connectivity index (χ1) is 17.6. The lowest BCUT2D eigenvalue weighted by Crippen LogP contribution is -2.80. The normalized spacial score (nSPS) is 12.9. The molecule has 0 saturated heterocycles. The molecule has 0 aliphatic rings. The zero-order chi connectivity index (χ0) is 26.3. The number of rotatable bonds is 24. The highest BCUT2D eigenvalue weighted by Crippen LogP contribution is 2.33. The Hall–Kier alpha value is -1.24. The van der Waals surface area contributed by atoms with Crippen LogP contribution in [0.1, 0.15) is 96.5 Å². The molecule has 0 spiro atoms. The summed E-state index contributed by atoms with van der Waals surface area (Å²) in [5, 5.41) is 1.96. The summed E-state index contributed by atoms with van der Waals surface area (Å²) < 4.78 is 22.1. The van der Waals surface area contributed by atoms with E-state index < -0.39 is 14.7 Å². The van der Waals surface area contributed by atoms with Crippen molar-refractivity contribution in [2.45, 2.75) is 103 Å². The van der Waals surface area contributed by atoms with Gasteiger partial charge in [-0.1, -0.05) is 83.8 Å². The molecule has 0 fully saturated rings. The Balaban J connectivity index is 2.31. The van der Waals surface area contributed by atoms with E-state index in [-0.39, 0.29) is 12.6 Å². The third kappa shape index (κ3) is 18.1. The highest BCUT2D eigenvalue weighted by Gasteiger charge is 2.18. The molecule has 0 heterocycles. The maximum absolute atomic E-state index is 11.8. The van der Waals surface area contributed by atoms with Gasteiger partial charge in [-0.15, -0.1) is 0 Å². The van der Waals surface area contributed by atoms with Crippen LogP contribution in [0.3, 0.4) is 0 Å². The van der Waals surface area contributed by atoms with E-state index in [0.717, 1.165) is 37.3 Å². The molecule has 8 heteroatoms. The van der Waals surface area contributed by atoms with E-state index in [4.69, 9.17) is 18.5 Å². The van der Waals surface area contributed by atoms with Crippen molar-refractivity contribution in [2.24, 2.45) is 0 Å². The molecule has 0 saturated carbocycles. The Kier molecular flexibility index (Phi) is 20.9. The summed E-state index contributed by atoms with van der Waals surface area (Å²) in [6.45, 7) is 6.02. The van der Waals surface area contributed by atoms with Gasteiger partial charge in [-0.25, -0.2) is 0 Å². The van der Waals surface area contributed by atoms with Crippen LogP contribution in [0.2, 0.25) is 0 Å². The van der Waals surface area contributed by atoms with E-state index >= 15 is 0 Å². The lowest BCUT2D eigenvalue weighted by molar-refractivity contribution is -0.627. The topological polar surface area (TPSA) is 90.8 Å². The maximum atomic E-state index is 11.8. The number of quaternary nitrogens is 1. The minimum atomic E-state index is -1.97. The van der Waals surface area contributed by atoms with Gasteiger partial charge in [-0.3, -0.25) is 4.79 Å². The van der Waals surface area contributed by atoms with Gasteiger partial charge < -0.3 is 28.7 Å². The smallest absolute Gasteiger partial charge is 0.330 e. The zero-order valence-electron chi connectivity index (χ0n) is 22.9. The molecular formula is C28H51NO6P+. The highest BCUT2D eigenvalue weighted by molar-refractivity contribution is 7.40. The van der Waals surface area contributed by atoms with Crippen LogP contribution in [0, 0.1) is 0 Å². The fraction of sp³-hybridized carbons (Fsp3) is 0.750. The monoisotopic (exact) mass is 528 g/mol. The van der Waals surface area contributed by atoms with E-state index in [9.17, 15) is 9.69 Å². The van der Waals surface area contributed by atoms with Crippen LogP contribution in [-0.4, -0.2) is 50.4 Å². The van der Waals surface area contributed by atoms with Crippen LogP contribution in [0.15, 0.2) is 24.3 Å². The van der Waals surface area contributed by atoms with Gasteiger partial charge in [-0.05, 0) is 37.0 Å². The number of carbonyl (C=O) groups excluding carboxylic acids is 1. The number of aryl methyl sites for hydroxylation is 1. The highest BCUT2D eigenvalue weighted by atomic mass is 31.2. The number of likely N-dealkylation sites (N-methyl/N-ethyl adjacent to an activating group) is 1. The predicted octanol–water partition coefficient (Wildman–Crippen LogP) is 5.69. The first-order valence-electron chi connectivity index (χ1n) is 14.0. The average Bonchev–Trinajstić information content (AvgIpc) is 2.89. The van der Waals surface area contributed by atoms with Crippen molar-refractivity contribution in [2.75, 3.05) is 33.4 Å². The van der Waals surface area contributed by atoms with Gasteiger partial charge in [-0.2, -0.15) is 0 Å². The lowest BCUT2D eigenvalue weighted by atomic mass is 10.1. The number of ether oxygens (including phenoxy) is 2. The first kappa shape index (κ1) is 32.8. The number of benzene rings is 1. The molecule has 2 unspecified atom stereocenters. The molecule has 0 radical (unpaired) electrons. The van der Waals surface area contributed by atoms with E-state index in [1.807, 2.05) is 24.5 Å². The average molecular weight is 529 g/mol. The van der Waals surface area contributed by atoms with Crippen molar-refractivity contribution in [3.8, 4) is 5.75 Å². The molecule has 2 atom stereocenters. The second-order valence-corrected chi connectivity index (χ2v) is 10.2. The van der Waals surface area contributed by atoms with Crippen molar-refractivity contribution < 1.29 is 33.5 Å². The number of hydrogen-bond acceptors (Lipinski definition) is 6. The molecule has 1 rings (SSSR count). The molecule has 1 aromatic carbocycles. The van der Waals surface area contributed by atoms with Gasteiger partial charge in [0.2, 0.25) is 0 Å².